The zero-order valence-corrected chi connectivity index (χ0v) is 9.56. The Balaban J connectivity index is 1.69. The fourth-order valence-electron chi connectivity index (χ4n) is 2.13. The number of hydrogen-bond donors (Lipinski definition) is 1. The van der Waals surface area contributed by atoms with Crippen molar-refractivity contribution >= 4 is 22.4 Å². The summed E-state index contributed by atoms with van der Waals surface area (Å²) in [4.78, 5) is 17.5. The lowest BCUT2D eigenvalue weighted by molar-refractivity contribution is -0.117. The molecular weight excluding hydrogens is 208 g/mol. The molecule has 2 aliphatic carbocycles. The number of carbonyl (C=O) groups is 1. The van der Waals surface area contributed by atoms with Gasteiger partial charge in [0.2, 0.25) is 5.91 Å². The second kappa shape index (κ2) is 3.30. The molecule has 80 valence electrons. The summed E-state index contributed by atoms with van der Waals surface area (Å²) in [5.41, 5.74) is 1.21. The van der Waals surface area contributed by atoms with Crippen LogP contribution in [0.4, 0.5) is 5.13 Å². The van der Waals surface area contributed by atoms with Crippen molar-refractivity contribution in [1.29, 1.82) is 0 Å². The minimum absolute atomic E-state index is 0.162. The number of amides is 1. The fourth-order valence-corrected chi connectivity index (χ4v) is 3.18. The van der Waals surface area contributed by atoms with Crippen molar-refractivity contribution in [3.8, 4) is 0 Å². The number of fused-ring (bicyclic) bond motifs is 1. The van der Waals surface area contributed by atoms with Gasteiger partial charge in [0.05, 0.1) is 5.69 Å². The monoisotopic (exact) mass is 222 g/mol. The third kappa shape index (κ3) is 1.67. The van der Waals surface area contributed by atoms with Crippen LogP contribution in [-0.2, 0) is 17.6 Å². The largest absolute Gasteiger partial charge is 0.302 e. The third-order valence-corrected chi connectivity index (χ3v) is 4.34. The van der Waals surface area contributed by atoms with E-state index in [2.05, 4.69) is 17.2 Å². The van der Waals surface area contributed by atoms with Gasteiger partial charge in [-0.25, -0.2) is 4.98 Å². The number of carbonyl (C=O) groups excluding carboxylic acids is 1. The first kappa shape index (κ1) is 9.33. The summed E-state index contributed by atoms with van der Waals surface area (Å²) in [6.07, 6.45) is 4.49. The highest BCUT2D eigenvalue weighted by Gasteiger charge is 2.39. The van der Waals surface area contributed by atoms with Crippen molar-refractivity contribution in [1.82, 2.24) is 4.98 Å². The molecule has 1 aromatic rings. The van der Waals surface area contributed by atoms with Gasteiger partial charge >= 0.3 is 0 Å². The lowest BCUT2D eigenvalue weighted by atomic mass is 10.3. The summed E-state index contributed by atoms with van der Waals surface area (Å²) in [5, 5.41) is 3.74. The number of rotatable bonds is 2. The van der Waals surface area contributed by atoms with Crippen molar-refractivity contribution in [2.45, 2.75) is 32.6 Å². The van der Waals surface area contributed by atoms with Crippen LogP contribution in [0.2, 0.25) is 0 Å². The first-order chi connectivity index (χ1) is 7.24. The van der Waals surface area contributed by atoms with Crippen LogP contribution in [0.1, 0.15) is 30.3 Å². The third-order valence-electron chi connectivity index (χ3n) is 3.27. The molecule has 1 heterocycles. The maximum Gasteiger partial charge on any atom is 0.229 e. The first-order valence-corrected chi connectivity index (χ1v) is 6.35. The molecule has 4 heteroatoms. The minimum Gasteiger partial charge on any atom is -0.302 e. The Bertz CT molecular complexity index is 391. The van der Waals surface area contributed by atoms with E-state index in [-0.39, 0.29) is 11.8 Å². The number of aromatic nitrogens is 1. The maximum atomic E-state index is 11.7. The van der Waals surface area contributed by atoms with Crippen LogP contribution in [0.3, 0.4) is 0 Å². The number of anilines is 1. The number of nitrogens with one attached hydrogen (secondary N) is 1. The Kier molecular flexibility index (Phi) is 2.06. The van der Waals surface area contributed by atoms with Crippen LogP contribution < -0.4 is 5.32 Å². The number of aryl methyl sites for hydroxylation is 2. The standard InChI is InChI=1S/C11H14N2OS/c1-6-5-7(6)10(14)13-11-12-8-3-2-4-9(8)15-11/h6-7H,2-5H2,1H3,(H,12,13,14)/t6-,7-/m0/s1. The van der Waals surface area contributed by atoms with Gasteiger partial charge in [0, 0.05) is 10.8 Å². The second-order valence-electron chi connectivity index (χ2n) is 4.55. The predicted molar refractivity (Wildman–Crippen MR) is 60.0 cm³/mol. The van der Waals surface area contributed by atoms with Gasteiger partial charge in [-0.05, 0) is 31.6 Å². The molecule has 3 rings (SSSR count). The van der Waals surface area contributed by atoms with Gasteiger partial charge in [-0.15, -0.1) is 11.3 Å². The molecule has 1 amide bonds. The Labute approximate surface area is 92.9 Å². The zero-order chi connectivity index (χ0) is 10.4. The van der Waals surface area contributed by atoms with Crippen LogP contribution in [0.5, 0.6) is 0 Å². The SMILES string of the molecule is C[C@H]1C[C@@H]1C(=O)Nc1nc2c(s1)CCC2. The summed E-state index contributed by atoms with van der Waals surface area (Å²) in [5.74, 6) is 0.968. The normalized spacial score (nSPS) is 27.5. The van der Waals surface area contributed by atoms with E-state index in [0.29, 0.717) is 5.92 Å². The van der Waals surface area contributed by atoms with Crippen molar-refractivity contribution < 1.29 is 4.79 Å². The summed E-state index contributed by atoms with van der Waals surface area (Å²) >= 11 is 1.65. The summed E-state index contributed by atoms with van der Waals surface area (Å²) in [6.45, 7) is 2.12. The Morgan fingerprint density at radius 3 is 3.00 bits per heavy atom. The fraction of sp³-hybridized carbons (Fsp3) is 0.636. The highest BCUT2D eigenvalue weighted by atomic mass is 32.1. The van der Waals surface area contributed by atoms with Gasteiger partial charge in [-0.2, -0.15) is 0 Å². The summed E-state index contributed by atoms with van der Waals surface area (Å²) < 4.78 is 0. The lowest BCUT2D eigenvalue weighted by Gasteiger charge is -1.98. The average molecular weight is 222 g/mol. The number of nitrogens with zero attached hydrogens (tertiary/aromatic N) is 1. The number of hydrogen-bond acceptors (Lipinski definition) is 3. The Morgan fingerprint density at radius 2 is 2.33 bits per heavy atom. The van der Waals surface area contributed by atoms with E-state index in [4.69, 9.17) is 0 Å². The molecule has 3 nitrogen and oxygen atoms in total. The average Bonchev–Trinajstić information content (AvgIpc) is 2.58. The molecule has 1 aromatic heterocycles. The van der Waals surface area contributed by atoms with Gasteiger partial charge in [-0.1, -0.05) is 6.92 Å². The van der Waals surface area contributed by atoms with Crippen LogP contribution in [0.25, 0.3) is 0 Å². The smallest absolute Gasteiger partial charge is 0.229 e. The lowest BCUT2D eigenvalue weighted by Crippen LogP contribution is -2.14. The molecule has 0 radical (unpaired) electrons. The molecule has 1 N–H and O–H groups in total. The van der Waals surface area contributed by atoms with Crippen LogP contribution in [-0.4, -0.2) is 10.9 Å². The van der Waals surface area contributed by atoms with Crippen molar-refractivity contribution in [2.24, 2.45) is 11.8 Å². The number of thiazole rings is 1. The molecule has 0 bridgehead atoms. The molecule has 1 saturated carbocycles. The Hall–Kier alpha value is -0.900. The van der Waals surface area contributed by atoms with Crippen LogP contribution in [0, 0.1) is 11.8 Å². The molecule has 1 fully saturated rings. The van der Waals surface area contributed by atoms with Gasteiger partial charge in [-0.3, -0.25) is 4.79 Å². The van der Waals surface area contributed by atoms with Gasteiger partial charge in [0.15, 0.2) is 5.13 Å². The Morgan fingerprint density at radius 1 is 1.53 bits per heavy atom. The highest BCUT2D eigenvalue weighted by Crippen LogP contribution is 2.39. The van der Waals surface area contributed by atoms with Crippen molar-refractivity contribution in [3.63, 3.8) is 0 Å². The molecule has 0 unspecified atom stereocenters. The van der Waals surface area contributed by atoms with Gasteiger partial charge in [0.1, 0.15) is 0 Å². The maximum absolute atomic E-state index is 11.7. The van der Waals surface area contributed by atoms with E-state index in [1.807, 2.05) is 0 Å². The molecule has 15 heavy (non-hydrogen) atoms. The predicted octanol–water partition coefficient (Wildman–Crippen LogP) is 2.23. The highest BCUT2D eigenvalue weighted by molar-refractivity contribution is 7.15. The van der Waals surface area contributed by atoms with Crippen LogP contribution in [0.15, 0.2) is 0 Å². The van der Waals surface area contributed by atoms with Crippen LogP contribution >= 0.6 is 11.3 Å². The van der Waals surface area contributed by atoms with E-state index < -0.39 is 0 Å². The summed E-state index contributed by atoms with van der Waals surface area (Å²) in [6, 6.07) is 0. The van der Waals surface area contributed by atoms with E-state index >= 15 is 0 Å². The van der Waals surface area contributed by atoms with Gasteiger partial charge < -0.3 is 5.32 Å². The van der Waals surface area contributed by atoms with Crippen molar-refractivity contribution in [2.75, 3.05) is 5.32 Å². The van der Waals surface area contributed by atoms with E-state index in [1.165, 1.54) is 17.0 Å². The van der Waals surface area contributed by atoms with E-state index in [9.17, 15) is 4.79 Å². The molecule has 2 atom stereocenters. The molecule has 0 aliphatic heterocycles. The van der Waals surface area contributed by atoms with Crippen molar-refractivity contribution in [3.05, 3.63) is 10.6 Å². The first-order valence-electron chi connectivity index (χ1n) is 5.53. The quantitative estimate of drug-likeness (QED) is 0.833. The second-order valence-corrected chi connectivity index (χ2v) is 5.63. The van der Waals surface area contributed by atoms with Gasteiger partial charge in [0.25, 0.3) is 0 Å². The van der Waals surface area contributed by atoms with E-state index in [0.717, 1.165) is 24.4 Å². The topological polar surface area (TPSA) is 42.0 Å². The summed E-state index contributed by atoms with van der Waals surface area (Å²) in [7, 11) is 0. The molecule has 0 aromatic carbocycles. The molecule has 0 spiro atoms. The molecule has 0 saturated heterocycles. The molecular formula is C11H14N2OS. The zero-order valence-electron chi connectivity index (χ0n) is 8.75. The minimum atomic E-state index is 0.162. The molecule has 2 aliphatic rings. The van der Waals surface area contributed by atoms with E-state index in [1.54, 1.807) is 11.3 Å².